The van der Waals surface area contributed by atoms with Crippen LogP contribution in [-0.2, 0) is 11.4 Å². The summed E-state index contributed by atoms with van der Waals surface area (Å²) in [6.45, 7) is 23.6. The lowest BCUT2D eigenvalue weighted by Crippen LogP contribution is -2.03. The summed E-state index contributed by atoms with van der Waals surface area (Å²) >= 11 is 1.21. The first kappa shape index (κ1) is 19.3. The molecular formula is C24H18N6S. The maximum atomic E-state index is 7.55. The number of fused-ring (bicyclic) bond motifs is 5. The molecule has 0 N–H and O–H groups in total. The van der Waals surface area contributed by atoms with E-state index in [9.17, 15) is 0 Å². The molecule has 0 radical (unpaired) electrons. The van der Waals surface area contributed by atoms with Crippen LogP contribution in [0.5, 0.6) is 0 Å². The van der Waals surface area contributed by atoms with Gasteiger partial charge in [0, 0.05) is 16.7 Å². The fourth-order valence-electron chi connectivity index (χ4n) is 4.43. The monoisotopic (exact) mass is 422 g/mol. The Balaban J connectivity index is 2.01. The third-order valence-electron chi connectivity index (χ3n) is 5.68. The maximum Gasteiger partial charge on any atom is 0.529 e. The van der Waals surface area contributed by atoms with Crippen LogP contribution in [0.1, 0.15) is 61.9 Å². The Bertz CT molecular complexity index is 1480. The number of benzene rings is 2. The van der Waals surface area contributed by atoms with Crippen LogP contribution < -0.4 is 0 Å². The van der Waals surface area contributed by atoms with Crippen LogP contribution in [0, 0.1) is 13.1 Å². The second-order valence-electron chi connectivity index (χ2n) is 8.18. The molecule has 0 unspecified atom stereocenters. The summed E-state index contributed by atoms with van der Waals surface area (Å²) in [5.74, 6) is 0.377. The van der Waals surface area contributed by atoms with E-state index in [-0.39, 0.29) is 17.7 Å². The van der Waals surface area contributed by atoms with Gasteiger partial charge in [-0.05, 0) is 17.4 Å². The van der Waals surface area contributed by atoms with Crippen LogP contribution in [-0.4, -0.2) is 9.97 Å². The Hall–Kier alpha value is -3.68. The van der Waals surface area contributed by atoms with Crippen molar-refractivity contribution in [3.8, 4) is 11.3 Å². The lowest BCUT2D eigenvalue weighted by molar-refractivity contribution is 0.855. The van der Waals surface area contributed by atoms with Crippen molar-refractivity contribution < 1.29 is 0 Å². The SMILES string of the molecule is [C-]#[N+]C([N+]#[C-])=C1c2ccccc2-c2nc3c(C(C)C)c4c(c(C(C)C)c3nc21)N=S=N4. The van der Waals surface area contributed by atoms with Gasteiger partial charge in [0.25, 0.3) is 0 Å². The Morgan fingerprint density at radius 2 is 1.32 bits per heavy atom. The first-order valence-electron chi connectivity index (χ1n) is 10.1. The third-order valence-corrected chi connectivity index (χ3v) is 6.21. The zero-order valence-corrected chi connectivity index (χ0v) is 18.4. The number of hydrogen-bond donors (Lipinski definition) is 0. The van der Waals surface area contributed by atoms with Crippen molar-refractivity contribution in [3.63, 3.8) is 0 Å². The van der Waals surface area contributed by atoms with Crippen LogP contribution >= 0.6 is 0 Å². The minimum atomic E-state index is 0.0198. The molecule has 0 atom stereocenters. The highest BCUT2D eigenvalue weighted by molar-refractivity contribution is 7.58. The number of hydrogen-bond acceptors (Lipinski definition) is 4. The Kier molecular flexibility index (Phi) is 4.32. The van der Waals surface area contributed by atoms with Gasteiger partial charge in [-0.3, -0.25) is 0 Å². The van der Waals surface area contributed by atoms with Crippen LogP contribution in [0.15, 0.2) is 38.8 Å². The van der Waals surface area contributed by atoms with Gasteiger partial charge in [0.2, 0.25) is 0 Å². The lowest BCUT2D eigenvalue weighted by Gasteiger charge is -2.19. The molecule has 3 aromatic rings. The van der Waals surface area contributed by atoms with Crippen molar-refractivity contribution in [2.24, 2.45) is 8.73 Å². The van der Waals surface area contributed by atoms with Gasteiger partial charge in [0.15, 0.2) is 0 Å². The van der Waals surface area contributed by atoms with Gasteiger partial charge in [-0.2, -0.15) is 18.4 Å². The molecule has 31 heavy (non-hydrogen) atoms. The molecule has 1 aliphatic heterocycles. The van der Waals surface area contributed by atoms with E-state index in [0.29, 0.717) is 11.3 Å². The van der Waals surface area contributed by atoms with Crippen LogP contribution in [0.3, 0.4) is 0 Å². The molecule has 1 aromatic heterocycles. The average molecular weight is 423 g/mol. The van der Waals surface area contributed by atoms with E-state index in [1.54, 1.807) is 0 Å². The number of rotatable bonds is 2. The van der Waals surface area contributed by atoms with Gasteiger partial charge < -0.3 is 0 Å². The summed E-state index contributed by atoms with van der Waals surface area (Å²) < 4.78 is 9.22. The van der Waals surface area contributed by atoms with Crippen LogP contribution in [0.4, 0.5) is 11.4 Å². The van der Waals surface area contributed by atoms with Gasteiger partial charge in [0.05, 0.1) is 33.8 Å². The first-order valence-corrected chi connectivity index (χ1v) is 10.8. The van der Waals surface area contributed by atoms with Crippen molar-refractivity contribution in [1.29, 1.82) is 0 Å². The summed E-state index contributed by atoms with van der Waals surface area (Å²) in [5.41, 5.74) is 9.10. The summed E-state index contributed by atoms with van der Waals surface area (Å²) in [6, 6.07) is 7.78. The zero-order chi connectivity index (χ0) is 21.9. The van der Waals surface area contributed by atoms with Crippen molar-refractivity contribution in [3.05, 3.63) is 75.3 Å². The maximum absolute atomic E-state index is 7.55. The highest BCUT2D eigenvalue weighted by Crippen LogP contribution is 2.51. The summed E-state index contributed by atoms with van der Waals surface area (Å²) in [6.07, 6.45) is 0. The van der Waals surface area contributed by atoms with Crippen LogP contribution in [0.25, 0.3) is 37.6 Å². The van der Waals surface area contributed by atoms with E-state index >= 15 is 0 Å². The molecule has 2 aliphatic rings. The largest absolute Gasteiger partial charge is 0.529 e. The summed E-state index contributed by atoms with van der Waals surface area (Å²) in [7, 11) is 0. The van der Waals surface area contributed by atoms with Crippen molar-refractivity contribution in [1.82, 2.24) is 9.97 Å². The molecule has 5 rings (SSSR count). The fourth-order valence-corrected chi connectivity index (χ4v) is 5.01. The molecule has 150 valence electrons. The highest BCUT2D eigenvalue weighted by atomic mass is 32.1. The second kappa shape index (κ2) is 6.94. The average Bonchev–Trinajstić information content (AvgIpc) is 3.34. The lowest BCUT2D eigenvalue weighted by atomic mass is 9.90. The molecule has 0 spiro atoms. The fraction of sp³-hybridized carbons (Fsp3) is 0.250. The highest BCUT2D eigenvalue weighted by Gasteiger charge is 2.35. The van der Waals surface area contributed by atoms with Crippen LogP contribution in [0.2, 0.25) is 0 Å². The molecule has 0 saturated heterocycles. The molecule has 7 heteroatoms. The molecular weight excluding hydrogens is 404 g/mol. The Labute approximate surface area is 184 Å². The zero-order valence-electron chi connectivity index (χ0n) is 17.6. The minimum absolute atomic E-state index is 0.0198. The van der Waals surface area contributed by atoms with Crippen molar-refractivity contribution in [2.75, 3.05) is 0 Å². The molecule has 0 amide bonds. The van der Waals surface area contributed by atoms with Gasteiger partial charge in [-0.15, -0.1) is 0 Å². The quantitative estimate of drug-likeness (QED) is 0.284. The molecule has 0 fully saturated rings. The molecule has 0 bridgehead atoms. The van der Waals surface area contributed by atoms with E-state index in [2.05, 4.69) is 46.1 Å². The number of aromatic nitrogens is 2. The topological polar surface area (TPSA) is 59.2 Å². The predicted octanol–water partition coefficient (Wildman–Crippen LogP) is 7.14. The molecule has 1 aliphatic carbocycles. The van der Waals surface area contributed by atoms with E-state index < -0.39 is 0 Å². The molecule has 2 aromatic carbocycles. The van der Waals surface area contributed by atoms with Gasteiger partial charge >= 0.3 is 5.82 Å². The molecule has 6 nitrogen and oxygen atoms in total. The second-order valence-corrected chi connectivity index (χ2v) is 8.71. The smallest absolute Gasteiger partial charge is 0.244 e. The van der Waals surface area contributed by atoms with E-state index in [1.165, 1.54) is 11.4 Å². The standard InChI is InChI=1S/C24H18N6S/c1-11(2)15-19-20(16(12(3)4)23-22(15)29-31-30-23)28-21-17(24(25-5)26-6)13-9-7-8-10-14(13)18(21)27-19/h7-12H,1-4H3. The van der Waals surface area contributed by atoms with Crippen molar-refractivity contribution >= 4 is 39.3 Å². The first-order chi connectivity index (χ1) is 15.0. The van der Waals surface area contributed by atoms with Gasteiger partial charge in [0.1, 0.15) is 30.1 Å². The summed E-state index contributed by atoms with van der Waals surface area (Å²) in [5, 5.41) is 0. The minimum Gasteiger partial charge on any atom is -0.244 e. The Morgan fingerprint density at radius 1 is 0.806 bits per heavy atom. The third kappa shape index (κ3) is 2.60. The molecule has 2 heterocycles. The summed E-state index contributed by atoms with van der Waals surface area (Å²) in [4.78, 5) is 17.2. The van der Waals surface area contributed by atoms with Gasteiger partial charge in [-0.1, -0.05) is 52.0 Å². The van der Waals surface area contributed by atoms with Gasteiger partial charge in [-0.25, -0.2) is 9.97 Å². The van der Waals surface area contributed by atoms with E-state index in [4.69, 9.17) is 23.1 Å². The molecule has 0 saturated carbocycles. The predicted molar refractivity (Wildman–Crippen MR) is 124 cm³/mol. The number of nitrogens with zero attached hydrogens (tertiary/aromatic N) is 6. The Morgan fingerprint density at radius 3 is 1.84 bits per heavy atom. The van der Waals surface area contributed by atoms with Crippen molar-refractivity contribution in [2.45, 2.75) is 39.5 Å². The van der Waals surface area contributed by atoms with E-state index in [0.717, 1.165) is 50.4 Å². The normalized spacial score (nSPS) is 13.1. The van der Waals surface area contributed by atoms with E-state index in [1.807, 2.05) is 24.3 Å².